The van der Waals surface area contributed by atoms with Crippen molar-refractivity contribution in [3.05, 3.63) is 46.5 Å². The van der Waals surface area contributed by atoms with E-state index in [0.29, 0.717) is 12.0 Å². The van der Waals surface area contributed by atoms with Crippen LogP contribution in [-0.4, -0.2) is 41.9 Å². The van der Waals surface area contributed by atoms with Crippen molar-refractivity contribution in [3.8, 4) is 0 Å². The molecule has 2 N–H and O–H groups in total. The van der Waals surface area contributed by atoms with E-state index in [0.717, 1.165) is 32.1 Å². The monoisotopic (exact) mass is 420 g/mol. The zero-order valence-electron chi connectivity index (χ0n) is 19.7. The van der Waals surface area contributed by atoms with Crippen molar-refractivity contribution < 1.29 is 24.5 Å². The molecule has 1 aliphatic rings. The van der Waals surface area contributed by atoms with Crippen LogP contribution in [0.2, 0.25) is 0 Å². The molecule has 5 nitrogen and oxygen atoms in total. The molecule has 0 saturated heterocycles. The minimum Gasteiger partial charge on any atom is -0.494 e. The number of Topliss-reactive ketones (excluding diaryl/α,β-unsaturated/α-hetero) is 1. The van der Waals surface area contributed by atoms with Crippen molar-refractivity contribution in [2.75, 3.05) is 14.2 Å². The predicted molar refractivity (Wildman–Crippen MR) is 121 cm³/mol. The summed E-state index contributed by atoms with van der Waals surface area (Å²) in [6, 6.07) is 0. The van der Waals surface area contributed by atoms with Crippen LogP contribution in [0, 0.1) is 5.92 Å². The number of aliphatic hydroxyl groups excluding tert-OH is 1. The van der Waals surface area contributed by atoms with Gasteiger partial charge in [-0.2, -0.15) is 0 Å². The highest BCUT2D eigenvalue weighted by atomic mass is 16.5. The van der Waals surface area contributed by atoms with Crippen molar-refractivity contribution in [2.45, 2.75) is 84.8 Å². The summed E-state index contributed by atoms with van der Waals surface area (Å²) >= 11 is 0. The maximum absolute atomic E-state index is 12.7. The van der Waals surface area contributed by atoms with E-state index in [1.165, 1.54) is 25.4 Å². The number of hydrogen-bond donors (Lipinski definition) is 2. The van der Waals surface area contributed by atoms with E-state index < -0.39 is 11.7 Å². The molecule has 1 aliphatic carbocycles. The lowest BCUT2D eigenvalue weighted by Gasteiger charge is -2.31. The summed E-state index contributed by atoms with van der Waals surface area (Å²) in [5.41, 5.74) is 2.54. The second kappa shape index (κ2) is 12.1. The van der Waals surface area contributed by atoms with E-state index in [1.807, 2.05) is 13.8 Å². The molecule has 0 fully saturated rings. The molecule has 0 heterocycles. The van der Waals surface area contributed by atoms with Gasteiger partial charge in [0.2, 0.25) is 11.5 Å². The van der Waals surface area contributed by atoms with E-state index in [2.05, 4.69) is 26.0 Å². The van der Waals surface area contributed by atoms with Gasteiger partial charge in [-0.15, -0.1) is 0 Å². The maximum Gasteiger partial charge on any atom is 0.227 e. The number of hydrogen-bond acceptors (Lipinski definition) is 5. The quantitative estimate of drug-likeness (QED) is 0.363. The molecular formula is C25H40O5. The third kappa shape index (κ3) is 7.77. The molecule has 0 saturated carbocycles. The van der Waals surface area contributed by atoms with Crippen molar-refractivity contribution in [1.29, 1.82) is 0 Å². The Morgan fingerprint density at radius 1 is 1.10 bits per heavy atom. The minimum atomic E-state index is -0.907. The normalized spacial score (nSPS) is 22.7. The fourth-order valence-corrected chi connectivity index (χ4v) is 3.78. The van der Waals surface area contributed by atoms with Gasteiger partial charge >= 0.3 is 0 Å². The van der Waals surface area contributed by atoms with Crippen molar-refractivity contribution in [1.82, 2.24) is 0 Å². The Morgan fingerprint density at radius 2 is 1.73 bits per heavy atom. The summed E-state index contributed by atoms with van der Waals surface area (Å²) in [4.78, 5) is 12.7. The van der Waals surface area contributed by atoms with Crippen LogP contribution in [0.4, 0.5) is 0 Å². The molecule has 5 heteroatoms. The number of aliphatic hydroxyl groups is 2. The summed E-state index contributed by atoms with van der Waals surface area (Å²) < 4.78 is 10.4. The number of methoxy groups -OCH3 is 2. The van der Waals surface area contributed by atoms with Gasteiger partial charge in [0.05, 0.1) is 19.8 Å². The largest absolute Gasteiger partial charge is 0.494 e. The van der Waals surface area contributed by atoms with Gasteiger partial charge < -0.3 is 19.7 Å². The number of carbonyl (C=O) groups excluding carboxylic acids is 1. The first-order valence-corrected chi connectivity index (χ1v) is 10.8. The van der Waals surface area contributed by atoms with Crippen LogP contribution in [0.3, 0.4) is 0 Å². The van der Waals surface area contributed by atoms with E-state index in [-0.39, 0.29) is 23.2 Å². The molecular weight excluding hydrogens is 380 g/mol. The van der Waals surface area contributed by atoms with Gasteiger partial charge in [0.15, 0.2) is 5.76 Å². The Hall–Kier alpha value is -1.85. The highest BCUT2D eigenvalue weighted by Gasteiger charge is 2.40. The van der Waals surface area contributed by atoms with Crippen LogP contribution in [-0.2, 0) is 14.3 Å². The smallest absolute Gasteiger partial charge is 0.227 e. The number of allylic oxidation sites excluding steroid dienone is 6. The highest BCUT2D eigenvalue weighted by Crippen LogP contribution is 2.35. The molecule has 0 aromatic heterocycles. The van der Waals surface area contributed by atoms with Gasteiger partial charge in [-0.05, 0) is 73.1 Å². The number of ether oxygens (including phenoxy) is 2. The van der Waals surface area contributed by atoms with Gasteiger partial charge in [0.25, 0.3) is 0 Å². The predicted octanol–water partition coefficient (Wildman–Crippen LogP) is 5.00. The lowest BCUT2D eigenvalue weighted by molar-refractivity contribution is -0.118. The second-order valence-corrected chi connectivity index (χ2v) is 8.77. The lowest BCUT2D eigenvalue weighted by atomic mass is 9.80. The maximum atomic E-state index is 12.7. The Balaban J connectivity index is 2.69. The standard InChI is InChI=1S/C25H40O5/c1-8-19-20(22(27)24(30-7)23(29-6)21(19)26)15-14-18(3)12-9-11-17(2)13-10-16-25(4,5)28/h8,11,14,20,22,27-28H,9-10,12-13,15-16H2,1-7H3/b17-11?,18-14+,19-8+. The van der Waals surface area contributed by atoms with Crippen LogP contribution in [0.15, 0.2) is 46.5 Å². The van der Waals surface area contributed by atoms with Gasteiger partial charge in [-0.1, -0.05) is 29.4 Å². The molecule has 0 bridgehead atoms. The molecule has 2 unspecified atom stereocenters. The Bertz CT molecular complexity index is 704. The fourth-order valence-electron chi connectivity index (χ4n) is 3.78. The number of ketones is 1. The van der Waals surface area contributed by atoms with E-state index in [4.69, 9.17) is 9.47 Å². The van der Waals surface area contributed by atoms with Gasteiger partial charge in [0, 0.05) is 11.5 Å². The molecule has 170 valence electrons. The topological polar surface area (TPSA) is 76.0 Å². The first-order valence-electron chi connectivity index (χ1n) is 10.8. The molecule has 0 amide bonds. The fraction of sp³-hybridized carbons (Fsp3) is 0.640. The average Bonchev–Trinajstić information content (AvgIpc) is 2.66. The summed E-state index contributed by atoms with van der Waals surface area (Å²) in [5.74, 6) is -0.276. The third-order valence-electron chi connectivity index (χ3n) is 5.59. The molecule has 1 rings (SSSR count). The van der Waals surface area contributed by atoms with E-state index >= 15 is 0 Å². The SMILES string of the molecule is C/C=C1/C(=O)C(OC)=C(OC)C(O)C1C/C=C(\C)CCC=C(C)CCCC(C)(C)O. The van der Waals surface area contributed by atoms with Crippen LogP contribution in [0.25, 0.3) is 0 Å². The molecule has 2 atom stereocenters. The Kier molecular flexibility index (Phi) is 10.6. The molecule has 0 aromatic rings. The van der Waals surface area contributed by atoms with Crippen LogP contribution in [0.5, 0.6) is 0 Å². The Morgan fingerprint density at radius 3 is 2.27 bits per heavy atom. The average molecular weight is 421 g/mol. The molecule has 0 spiro atoms. The van der Waals surface area contributed by atoms with Gasteiger partial charge in [-0.25, -0.2) is 0 Å². The van der Waals surface area contributed by atoms with Crippen LogP contribution in [0.1, 0.15) is 73.1 Å². The number of rotatable bonds is 11. The van der Waals surface area contributed by atoms with Crippen molar-refractivity contribution in [2.24, 2.45) is 5.92 Å². The van der Waals surface area contributed by atoms with Crippen LogP contribution >= 0.6 is 0 Å². The Labute approximate surface area is 182 Å². The zero-order valence-corrected chi connectivity index (χ0v) is 19.7. The summed E-state index contributed by atoms with van der Waals surface area (Å²) in [6.45, 7) is 9.71. The van der Waals surface area contributed by atoms with Crippen molar-refractivity contribution in [3.63, 3.8) is 0 Å². The van der Waals surface area contributed by atoms with Crippen LogP contribution < -0.4 is 0 Å². The van der Waals surface area contributed by atoms with Gasteiger partial charge in [0.1, 0.15) is 6.10 Å². The first kappa shape index (κ1) is 26.2. The number of carbonyl (C=O) groups is 1. The minimum absolute atomic E-state index is 0.0836. The first-order chi connectivity index (χ1) is 14.1. The third-order valence-corrected chi connectivity index (χ3v) is 5.59. The second-order valence-electron chi connectivity index (χ2n) is 8.77. The van der Waals surface area contributed by atoms with Crippen molar-refractivity contribution >= 4 is 5.78 Å². The van der Waals surface area contributed by atoms with E-state index in [9.17, 15) is 15.0 Å². The summed E-state index contributed by atoms with van der Waals surface area (Å²) in [5, 5.41) is 20.5. The molecule has 0 radical (unpaired) electrons. The lowest BCUT2D eigenvalue weighted by Crippen LogP contribution is -2.36. The molecule has 30 heavy (non-hydrogen) atoms. The van der Waals surface area contributed by atoms with Gasteiger partial charge in [-0.3, -0.25) is 4.79 Å². The highest BCUT2D eigenvalue weighted by molar-refractivity contribution is 6.08. The molecule has 0 aliphatic heterocycles. The summed E-state index contributed by atoms with van der Waals surface area (Å²) in [7, 11) is 2.86. The summed E-state index contributed by atoms with van der Waals surface area (Å²) in [6.07, 6.45) is 10.5. The molecule has 0 aromatic carbocycles. The zero-order chi connectivity index (χ0) is 22.9. The van der Waals surface area contributed by atoms with E-state index in [1.54, 1.807) is 13.0 Å².